The van der Waals surface area contributed by atoms with Crippen molar-refractivity contribution < 1.29 is 0 Å². The zero-order valence-electron chi connectivity index (χ0n) is 13.9. The van der Waals surface area contributed by atoms with Crippen molar-refractivity contribution in [1.29, 1.82) is 0 Å². The van der Waals surface area contributed by atoms with Crippen LogP contribution in [0.4, 0.5) is 22.9 Å². The van der Waals surface area contributed by atoms with E-state index in [1.807, 2.05) is 48.5 Å². The standard InChI is InChI=1S/C21H18N4/c1-15-10-12-16(13-11-15)23-19-8-4-5-9-20(19)25-21-14-22-17-6-2-3-7-18(17)24-21/h2-14,23H,1H3,(H,24,25). The fourth-order valence-electron chi connectivity index (χ4n) is 2.65. The lowest BCUT2D eigenvalue weighted by Gasteiger charge is -2.13. The van der Waals surface area contributed by atoms with E-state index in [1.54, 1.807) is 6.20 Å². The molecule has 3 aromatic carbocycles. The number of nitrogens with one attached hydrogen (secondary N) is 2. The van der Waals surface area contributed by atoms with Crippen molar-refractivity contribution >= 4 is 33.9 Å². The van der Waals surface area contributed by atoms with Gasteiger partial charge in [0.15, 0.2) is 0 Å². The molecule has 0 amide bonds. The molecule has 4 nitrogen and oxygen atoms in total. The maximum Gasteiger partial charge on any atom is 0.149 e. The molecule has 0 bridgehead atoms. The maximum atomic E-state index is 4.63. The molecule has 1 aromatic heterocycles. The Morgan fingerprint density at radius 1 is 0.680 bits per heavy atom. The van der Waals surface area contributed by atoms with Crippen LogP contribution in [0.3, 0.4) is 0 Å². The number of anilines is 4. The van der Waals surface area contributed by atoms with Crippen LogP contribution >= 0.6 is 0 Å². The summed E-state index contributed by atoms with van der Waals surface area (Å²) in [4.78, 5) is 9.08. The van der Waals surface area contributed by atoms with Gasteiger partial charge in [0.05, 0.1) is 28.6 Å². The highest BCUT2D eigenvalue weighted by Gasteiger charge is 2.05. The summed E-state index contributed by atoms with van der Waals surface area (Å²) in [6.45, 7) is 2.08. The molecule has 1 heterocycles. The number of hydrogen-bond donors (Lipinski definition) is 2. The maximum absolute atomic E-state index is 4.63. The van der Waals surface area contributed by atoms with E-state index in [0.29, 0.717) is 0 Å². The van der Waals surface area contributed by atoms with E-state index in [9.17, 15) is 0 Å². The molecule has 0 unspecified atom stereocenters. The highest BCUT2D eigenvalue weighted by Crippen LogP contribution is 2.28. The molecular weight excluding hydrogens is 308 g/mol. The van der Waals surface area contributed by atoms with E-state index in [1.165, 1.54) is 5.56 Å². The van der Waals surface area contributed by atoms with E-state index in [2.05, 4.69) is 51.8 Å². The molecule has 0 fully saturated rings. The van der Waals surface area contributed by atoms with Crippen LogP contribution in [0.1, 0.15) is 5.56 Å². The first-order chi connectivity index (χ1) is 12.3. The van der Waals surface area contributed by atoms with Crippen molar-refractivity contribution in [2.24, 2.45) is 0 Å². The second-order valence-corrected chi connectivity index (χ2v) is 5.91. The van der Waals surface area contributed by atoms with Gasteiger partial charge in [-0.05, 0) is 43.3 Å². The Morgan fingerprint density at radius 2 is 1.32 bits per heavy atom. The van der Waals surface area contributed by atoms with Crippen LogP contribution < -0.4 is 10.6 Å². The summed E-state index contributed by atoms with van der Waals surface area (Å²) in [7, 11) is 0. The lowest BCUT2D eigenvalue weighted by atomic mass is 10.2. The molecule has 4 aromatic rings. The summed E-state index contributed by atoms with van der Waals surface area (Å²) in [5.74, 6) is 0.719. The van der Waals surface area contributed by atoms with Crippen molar-refractivity contribution in [2.45, 2.75) is 6.92 Å². The molecule has 25 heavy (non-hydrogen) atoms. The Hall–Kier alpha value is -3.40. The van der Waals surface area contributed by atoms with Crippen molar-refractivity contribution in [1.82, 2.24) is 9.97 Å². The molecular formula is C21H18N4. The molecule has 0 aliphatic rings. The van der Waals surface area contributed by atoms with Gasteiger partial charge in [0, 0.05) is 5.69 Å². The minimum atomic E-state index is 0.719. The second-order valence-electron chi connectivity index (χ2n) is 5.91. The molecule has 0 saturated carbocycles. The Morgan fingerprint density at radius 3 is 2.08 bits per heavy atom. The van der Waals surface area contributed by atoms with Gasteiger partial charge < -0.3 is 10.6 Å². The molecule has 0 spiro atoms. The van der Waals surface area contributed by atoms with E-state index in [-0.39, 0.29) is 0 Å². The number of hydrogen-bond acceptors (Lipinski definition) is 4. The van der Waals surface area contributed by atoms with E-state index in [4.69, 9.17) is 0 Å². The van der Waals surface area contributed by atoms with Gasteiger partial charge >= 0.3 is 0 Å². The largest absolute Gasteiger partial charge is 0.354 e. The SMILES string of the molecule is Cc1ccc(Nc2ccccc2Nc2cnc3ccccc3n2)cc1. The first kappa shape index (κ1) is 15.1. The molecule has 0 atom stereocenters. The van der Waals surface area contributed by atoms with Crippen LogP contribution in [0.15, 0.2) is 79.0 Å². The highest BCUT2D eigenvalue weighted by molar-refractivity contribution is 5.80. The smallest absolute Gasteiger partial charge is 0.149 e. The minimum Gasteiger partial charge on any atom is -0.354 e. The fourth-order valence-corrected chi connectivity index (χ4v) is 2.65. The molecule has 0 aliphatic heterocycles. The summed E-state index contributed by atoms with van der Waals surface area (Å²) in [6, 6.07) is 24.2. The van der Waals surface area contributed by atoms with Crippen LogP contribution in [-0.2, 0) is 0 Å². The van der Waals surface area contributed by atoms with Gasteiger partial charge in [-0.3, -0.25) is 4.98 Å². The van der Waals surface area contributed by atoms with Crippen LogP contribution in [0.2, 0.25) is 0 Å². The molecule has 4 rings (SSSR count). The van der Waals surface area contributed by atoms with Gasteiger partial charge in [0.2, 0.25) is 0 Å². The average Bonchev–Trinajstić information content (AvgIpc) is 2.65. The lowest BCUT2D eigenvalue weighted by molar-refractivity contribution is 1.28. The third kappa shape index (κ3) is 3.43. The lowest BCUT2D eigenvalue weighted by Crippen LogP contribution is -1.99. The zero-order chi connectivity index (χ0) is 17.1. The fraction of sp³-hybridized carbons (Fsp3) is 0.0476. The third-order valence-electron chi connectivity index (χ3n) is 3.97. The van der Waals surface area contributed by atoms with Crippen molar-refractivity contribution in [3.63, 3.8) is 0 Å². The van der Waals surface area contributed by atoms with Crippen LogP contribution in [0, 0.1) is 6.92 Å². The van der Waals surface area contributed by atoms with E-state index < -0.39 is 0 Å². The third-order valence-corrected chi connectivity index (χ3v) is 3.97. The molecule has 0 saturated heterocycles. The van der Waals surface area contributed by atoms with Gasteiger partial charge in [0.1, 0.15) is 5.82 Å². The first-order valence-electron chi connectivity index (χ1n) is 8.19. The Balaban J connectivity index is 1.62. The van der Waals surface area contributed by atoms with Gasteiger partial charge in [-0.1, -0.05) is 42.0 Å². The number of aromatic nitrogens is 2. The van der Waals surface area contributed by atoms with E-state index >= 15 is 0 Å². The minimum absolute atomic E-state index is 0.719. The molecule has 0 radical (unpaired) electrons. The summed E-state index contributed by atoms with van der Waals surface area (Å²) < 4.78 is 0. The quantitative estimate of drug-likeness (QED) is 0.525. The van der Waals surface area contributed by atoms with Gasteiger partial charge in [0.25, 0.3) is 0 Å². The summed E-state index contributed by atoms with van der Waals surface area (Å²) >= 11 is 0. The predicted molar refractivity (Wildman–Crippen MR) is 104 cm³/mol. The van der Waals surface area contributed by atoms with Crippen molar-refractivity contribution in [2.75, 3.05) is 10.6 Å². The number of benzene rings is 3. The van der Waals surface area contributed by atoms with Crippen molar-refractivity contribution in [3.8, 4) is 0 Å². The Labute approximate surface area is 146 Å². The van der Waals surface area contributed by atoms with Crippen LogP contribution in [-0.4, -0.2) is 9.97 Å². The van der Waals surface area contributed by atoms with E-state index in [0.717, 1.165) is 33.9 Å². The van der Waals surface area contributed by atoms with Crippen LogP contribution in [0.5, 0.6) is 0 Å². The Kier molecular flexibility index (Phi) is 4.01. The summed E-state index contributed by atoms with van der Waals surface area (Å²) in [5.41, 5.74) is 5.98. The normalized spacial score (nSPS) is 10.6. The summed E-state index contributed by atoms with van der Waals surface area (Å²) in [5, 5.41) is 6.81. The van der Waals surface area contributed by atoms with Gasteiger partial charge in [-0.25, -0.2) is 4.98 Å². The average molecular weight is 326 g/mol. The number of para-hydroxylation sites is 4. The number of nitrogens with zero attached hydrogens (tertiary/aromatic N) is 2. The van der Waals surface area contributed by atoms with Gasteiger partial charge in [-0.15, -0.1) is 0 Å². The monoisotopic (exact) mass is 326 g/mol. The number of aryl methyl sites for hydroxylation is 1. The molecule has 2 N–H and O–H groups in total. The highest BCUT2D eigenvalue weighted by atomic mass is 15.0. The number of fused-ring (bicyclic) bond motifs is 1. The Bertz CT molecular complexity index is 1010. The van der Waals surface area contributed by atoms with Crippen LogP contribution in [0.25, 0.3) is 11.0 Å². The number of rotatable bonds is 4. The molecule has 0 aliphatic carbocycles. The summed E-state index contributed by atoms with van der Waals surface area (Å²) in [6.07, 6.45) is 1.75. The topological polar surface area (TPSA) is 49.8 Å². The zero-order valence-corrected chi connectivity index (χ0v) is 13.9. The first-order valence-corrected chi connectivity index (χ1v) is 8.19. The second kappa shape index (κ2) is 6.61. The van der Waals surface area contributed by atoms with Crippen molar-refractivity contribution in [3.05, 3.63) is 84.6 Å². The molecule has 122 valence electrons. The van der Waals surface area contributed by atoms with Gasteiger partial charge in [-0.2, -0.15) is 0 Å². The molecule has 4 heteroatoms. The predicted octanol–water partition coefficient (Wildman–Crippen LogP) is 5.43.